The Morgan fingerprint density at radius 1 is 1.67 bits per heavy atom. The van der Waals surface area contributed by atoms with Gasteiger partial charge in [-0.3, -0.25) is 0 Å². The summed E-state index contributed by atoms with van der Waals surface area (Å²) in [7, 11) is 3.88. The Hall–Kier alpha value is 0.400. The first kappa shape index (κ1) is 10.5. The Balaban J connectivity index is 2.08. The van der Waals surface area contributed by atoms with Crippen LogP contribution in [0.2, 0.25) is 0 Å². The molecule has 3 heteroatoms. The van der Waals surface area contributed by atoms with Crippen molar-refractivity contribution >= 4 is 21.6 Å². The second-order valence-corrected chi connectivity index (χ2v) is 5.69. The van der Waals surface area contributed by atoms with Crippen LogP contribution in [0, 0.1) is 5.92 Å². The third-order valence-corrected chi connectivity index (χ3v) is 4.34. The highest BCUT2D eigenvalue weighted by Gasteiger charge is 2.14. The summed E-state index contributed by atoms with van der Waals surface area (Å²) < 4.78 is 5.73. The molecule has 0 spiro atoms. The molecule has 1 fully saturated rings. The van der Waals surface area contributed by atoms with Crippen LogP contribution < -0.4 is 0 Å². The van der Waals surface area contributed by atoms with Crippen molar-refractivity contribution in [1.29, 1.82) is 0 Å². The van der Waals surface area contributed by atoms with Crippen molar-refractivity contribution in [3.63, 3.8) is 0 Å². The lowest BCUT2D eigenvalue weighted by atomic mass is 10.2. The average Bonchev–Trinajstić information content (AvgIpc) is 2.16. The molecule has 0 N–H and O–H groups in total. The highest BCUT2D eigenvalue weighted by molar-refractivity contribution is 8.76. The summed E-state index contributed by atoms with van der Waals surface area (Å²) in [5.74, 6) is 2.87. The maximum absolute atomic E-state index is 5.73. The van der Waals surface area contributed by atoms with Crippen molar-refractivity contribution < 1.29 is 4.74 Å². The lowest BCUT2D eigenvalue weighted by Gasteiger charge is -2.22. The smallest absolute Gasteiger partial charge is 0.0682 e. The van der Waals surface area contributed by atoms with Crippen LogP contribution in [0.3, 0.4) is 0 Å². The van der Waals surface area contributed by atoms with Crippen LogP contribution in [0.25, 0.3) is 0 Å². The van der Waals surface area contributed by atoms with Gasteiger partial charge in [0, 0.05) is 11.5 Å². The average molecular weight is 204 g/mol. The molecule has 70 valence electrons. The van der Waals surface area contributed by atoms with E-state index in [1.165, 1.54) is 12.2 Å². The van der Waals surface area contributed by atoms with Gasteiger partial charge in [0.2, 0.25) is 0 Å². The van der Waals surface area contributed by atoms with Crippen molar-refractivity contribution in [2.75, 3.05) is 18.1 Å². The van der Waals surface area contributed by atoms with E-state index in [1.54, 1.807) is 0 Å². The second kappa shape index (κ2) is 5.95. The van der Waals surface area contributed by atoms with E-state index in [0.29, 0.717) is 12.0 Å². The molecule has 1 aliphatic rings. The highest BCUT2D eigenvalue weighted by atomic mass is 33.1. The Labute approximate surface area is 82.7 Å². The third-order valence-electron chi connectivity index (χ3n) is 1.86. The van der Waals surface area contributed by atoms with E-state index in [9.17, 15) is 0 Å². The molecule has 1 saturated heterocycles. The van der Waals surface area contributed by atoms with Crippen LogP contribution in [0.15, 0.2) is 12.7 Å². The highest BCUT2D eigenvalue weighted by Crippen LogP contribution is 2.30. The summed E-state index contributed by atoms with van der Waals surface area (Å²) in [4.78, 5) is 0. The first-order valence-corrected chi connectivity index (χ1v) is 6.80. The lowest BCUT2D eigenvalue weighted by molar-refractivity contribution is 0.0542. The van der Waals surface area contributed by atoms with Crippen LogP contribution in [-0.4, -0.2) is 24.2 Å². The van der Waals surface area contributed by atoms with Crippen molar-refractivity contribution in [3.05, 3.63) is 12.7 Å². The van der Waals surface area contributed by atoms with E-state index in [4.69, 9.17) is 4.74 Å². The largest absolute Gasteiger partial charge is 0.377 e. The normalized spacial score (nSPS) is 26.6. The molecule has 1 rings (SSSR count). The summed E-state index contributed by atoms with van der Waals surface area (Å²) in [6.07, 6.45) is 3.64. The van der Waals surface area contributed by atoms with Gasteiger partial charge in [0.1, 0.15) is 0 Å². The number of hydrogen-bond donors (Lipinski definition) is 0. The van der Waals surface area contributed by atoms with Crippen LogP contribution in [0.1, 0.15) is 13.3 Å². The molecule has 2 atom stereocenters. The maximum atomic E-state index is 5.73. The van der Waals surface area contributed by atoms with Gasteiger partial charge in [-0.05, 0) is 12.3 Å². The quantitative estimate of drug-likeness (QED) is 0.515. The lowest BCUT2D eigenvalue weighted by Crippen LogP contribution is -2.21. The van der Waals surface area contributed by atoms with Crippen molar-refractivity contribution in [3.8, 4) is 0 Å². The molecule has 0 aliphatic carbocycles. The van der Waals surface area contributed by atoms with E-state index >= 15 is 0 Å². The summed E-state index contributed by atoms with van der Waals surface area (Å²) in [6, 6.07) is 0. The standard InChI is InChI=1S/C9H16OS2/c1-3-8(2)6-10-9-4-5-11-12-7-9/h3,8-9H,1,4-7H2,2H3. The van der Waals surface area contributed by atoms with Gasteiger partial charge in [-0.25, -0.2) is 0 Å². The van der Waals surface area contributed by atoms with Crippen molar-refractivity contribution in [2.24, 2.45) is 5.92 Å². The van der Waals surface area contributed by atoms with Gasteiger partial charge in [0.15, 0.2) is 0 Å². The molecule has 0 aromatic carbocycles. The minimum absolute atomic E-state index is 0.485. The number of rotatable bonds is 4. The van der Waals surface area contributed by atoms with Gasteiger partial charge in [-0.15, -0.1) is 6.58 Å². The van der Waals surface area contributed by atoms with E-state index < -0.39 is 0 Å². The monoisotopic (exact) mass is 204 g/mol. The fraction of sp³-hybridized carbons (Fsp3) is 0.778. The zero-order valence-electron chi connectivity index (χ0n) is 7.49. The molecule has 2 unspecified atom stereocenters. The predicted octanol–water partition coefficient (Wildman–Crippen LogP) is 2.98. The first-order valence-electron chi connectivity index (χ1n) is 4.31. The zero-order valence-corrected chi connectivity index (χ0v) is 9.13. The predicted molar refractivity (Wildman–Crippen MR) is 58.6 cm³/mol. The molecule has 0 saturated carbocycles. The topological polar surface area (TPSA) is 9.23 Å². The van der Waals surface area contributed by atoms with Crippen LogP contribution in [-0.2, 0) is 4.74 Å². The zero-order chi connectivity index (χ0) is 8.81. The summed E-state index contributed by atoms with van der Waals surface area (Å²) in [5.41, 5.74) is 0. The van der Waals surface area contributed by atoms with Crippen molar-refractivity contribution in [2.45, 2.75) is 19.4 Å². The summed E-state index contributed by atoms with van der Waals surface area (Å²) in [5, 5.41) is 0. The molecule has 12 heavy (non-hydrogen) atoms. The molecule has 0 amide bonds. The molecule has 0 radical (unpaired) electrons. The summed E-state index contributed by atoms with van der Waals surface area (Å²) >= 11 is 0. The summed E-state index contributed by atoms with van der Waals surface area (Å²) in [6.45, 7) is 6.70. The second-order valence-electron chi connectivity index (χ2n) is 3.06. The van der Waals surface area contributed by atoms with Gasteiger partial charge < -0.3 is 4.74 Å². The molecule has 1 aliphatic heterocycles. The van der Waals surface area contributed by atoms with Crippen LogP contribution >= 0.6 is 21.6 Å². The molecule has 0 bridgehead atoms. The van der Waals surface area contributed by atoms with Crippen LogP contribution in [0.5, 0.6) is 0 Å². The fourth-order valence-corrected chi connectivity index (χ4v) is 3.31. The number of hydrogen-bond acceptors (Lipinski definition) is 3. The molecular weight excluding hydrogens is 188 g/mol. The van der Waals surface area contributed by atoms with E-state index in [-0.39, 0.29) is 0 Å². The number of ether oxygens (including phenoxy) is 1. The SMILES string of the molecule is C=CC(C)COC1CCSSC1. The van der Waals surface area contributed by atoms with Gasteiger partial charge in [-0.2, -0.15) is 0 Å². The van der Waals surface area contributed by atoms with Crippen LogP contribution in [0.4, 0.5) is 0 Å². The molecular formula is C9H16OS2. The van der Waals surface area contributed by atoms with E-state index in [2.05, 4.69) is 13.5 Å². The van der Waals surface area contributed by atoms with E-state index in [0.717, 1.165) is 12.4 Å². The maximum Gasteiger partial charge on any atom is 0.0682 e. The Morgan fingerprint density at radius 2 is 2.50 bits per heavy atom. The molecule has 0 aromatic rings. The minimum atomic E-state index is 0.485. The van der Waals surface area contributed by atoms with E-state index in [1.807, 2.05) is 27.7 Å². The Kier molecular flexibility index (Phi) is 5.19. The van der Waals surface area contributed by atoms with Gasteiger partial charge in [-0.1, -0.05) is 34.6 Å². The van der Waals surface area contributed by atoms with Gasteiger partial charge >= 0.3 is 0 Å². The molecule has 1 heterocycles. The Bertz CT molecular complexity index is 132. The van der Waals surface area contributed by atoms with Gasteiger partial charge in [0.25, 0.3) is 0 Å². The van der Waals surface area contributed by atoms with Crippen molar-refractivity contribution in [1.82, 2.24) is 0 Å². The van der Waals surface area contributed by atoms with Gasteiger partial charge in [0.05, 0.1) is 12.7 Å². The fourth-order valence-electron chi connectivity index (χ4n) is 0.933. The minimum Gasteiger partial charge on any atom is -0.377 e. The molecule has 1 nitrogen and oxygen atoms in total. The molecule has 0 aromatic heterocycles. The third kappa shape index (κ3) is 3.87. The Morgan fingerprint density at radius 3 is 3.08 bits per heavy atom. The first-order chi connectivity index (χ1) is 5.83.